The Morgan fingerprint density at radius 2 is 2.05 bits per heavy atom. The second-order valence-corrected chi connectivity index (χ2v) is 7.47. The molecule has 0 aromatic carbocycles. The van der Waals surface area contributed by atoms with Gasteiger partial charge in [0.05, 0.1) is 10.9 Å². The number of carboxylic acids is 1. The lowest BCUT2D eigenvalue weighted by Crippen LogP contribution is -2.45. The summed E-state index contributed by atoms with van der Waals surface area (Å²) in [5.74, 6) is -1.54. The summed E-state index contributed by atoms with van der Waals surface area (Å²) in [6, 6.07) is 0.179. The number of carbonyl (C=O) groups is 2. The number of aryl methyl sites for hydroxylation is 1. The second kappa shape index (κ2) is 6.54. The van der Waals surface area contributed by atoms with E-state index in [2.05, 4.69) is 4.72 Å². The van der Waals surface area contributed by atoms with Crippen LogP contribution < -0.4 is 4.72 Å². The van der Waals surface area contributed by atoms with Gasteiger partial charge in [-0.25, -0.2) is 13.2 Å². The normalized spacial score (nSPS) is 13.0. The summed E-state index contributed by atoms with van der Waals surface area (Å²) in [5, 5.41) is 8.90. The molecule has 1 rings (SSSR count). The Balaban J connectivity index is 3.02. The molecule has 0 aliphatic heterocycles. The smallest absolute Gasteiger partial charge is 0.345 e. The van der Waals surface area contributed by atoms with Crippen LogP contribution in [0.5, 0.6) is 0 Å². The minimum Gasteiger partial charge on any atom is -0.477 e. The molecule has 0 aliphatic carbocycles. The molecular formula is C12H18N2O5S2. The number of carboxylic acid groups (broad SMARTS) is 1. The molecule has 0 radical (unpaired) electrons. The first-order valence-electron chi connectivity index (χ1n) is 6.21. The fourth-order valence-corrected chi connectivity index (χ4v) is 4.30. The molecule has 1 heterocycles. The molecular weight excluding hydrogens is 316 g/mol. The molecule has 0 saturated carbocycles. The monoisotopic (exact) mass is 334 g/mol. The SMILES string of the molecule is CCN(C)C(=O)C(C)NS(=O)(=O)c1cc(C(=O)O)sc1C. The van der Waals surface area contributed by atoms with E-state index in [1.165, 1.54) is 18.7 Å². The molecule has 0 saturated heterocycles. The van der Waals surface area contributed by atoms with Crippen LogP contribution in [0.2, 0.25) is 0 Å². The lowest BCUT2D eigenvalue weighted by Gasteiger charge is -2.20. The molecule has 118 valence electrons. The Labute approximate surface area is 127 Å². The van der Waals surface area contributed by atoms with Gasteiger partial charge in [-0.05, 0) is 26.8 Å². The molecule has 0 fully saturated rings. The number of rotatable bonds is 6. The fourth-order valence-electron chi connectivity index (χ4n) is 1.67. The van der Waals surface area contributed by atoms with Crippen molar-refractivity contribution in [2.45, 2.75) is 31.7 Å². The van der Waals surface area contributed by atoms with Crippen molar-refractivity contribution in [3.05, 3.63) is 15.8 Å². The average Bonchev–Trinajstić information content (AvgIpc) is 2.79. The van der Waals surface area contributed by atoms with Gasteiger partial charge in [0.25, 0.3) is 0 Å². The molecule has 1 aromatic heterocycles. The van der Waals surface area contributed by atoms with Gasteiger partial charge in [-0.15, -0.1) is 11.3 Å². The number of carbonyl (C=O) groups excluding carboxylic acids is 1. The van der Waals surface area contributed by atoms with Gasteiger partial charge in [0, 0.05) is 18.5 Å². The summed E-state index contributed by atoms with van der Waals surface area (Å²) in [5.41, 5.74) is 0. The van der Waals surface area contributed by atoms with Crippen LogP contribution >= 0.6 is 11.3 Å². The quantitative estimate of drug-likeness (QED) is 0.804. The number of hydrogen-bond donors (Lipinski definition) is 2. The van der Waals surface area contributed by atoms with Crippen molar-refractivity contribution in [3.8, 4) is 0 Å². The Kier molecular flexibility index (Phi) is 5.48. The third-order valence-electron chi connectivity index (χ3n) is 2.93. The summed E-state index contributed by atoms with van der Waals surface area (Å²) >= 11 is 0.882. The van der Waals surface area contributed by atoms with Crippen LogP contribution in [0.3, 0.4) is 0 Å². The second-order valence-electron chi connectivity index (χ2n) is 4.53. The minimum absolute atomic E-state index is 0.0578. The highest BCUT2D eigenvalue weighted by Crippen LogP contribution is 2.25. The Morgan fingerprint density at radius 1 is 1.48 bits per heavy atom. The molecule has 0 aliphatic rings. The van der Waals surface area contributed by atoms with Crippen molar-refractivity contribution in [2.75, 3.05) is 13.6 Å². The average molecular weight is 334 g/mol. The standard InChI is InChI=1S/C12H18N2O5S2/c1-5-14(4)11(15)7(2)13-21(18,19)10-6-9(12(16)17)20-8(10)3/h6-7,13H,5H2,1-4H3,(H,16,17). The number of thiophene rings is 1. The van der Waals surface area contributed by atoms with Crippen LogP contribution in [0.15, 0.2) is 11.0 Å². The van der Waals surface area contributed by atoms with E-state index in [9.17, 15) is 18.0 Å². The minimum atomic E-state index is -3.94. The zero-order valence-corrected chi connectivity index (χ0v) is 13.8. The summed E-state index contributed by atoms with van der Waals surface area (Å²) in [4.78, 5) is 24.4. The largest absolute Gasteiger partial charge is 0.477 e. The van der Waals surface area contributed by atoms with Gasteiger partial charge in [0.2, 0.25) is 15.9 Å². The van der Waals surface area contributed by atoms with Crippen LogP contribution in [-0.4, -0.2) is 49.9 Å². The highest BCUT2D eigenvalue weighted by molar-refractivity contribution is 7.89. The van der Waals surface area contributed by atoms with Crippen molar-refractivity contribution < 1.29 is 23.1 Å². The third kappa shape index (κ3) is 4.02. The van der Waals surface area contributed by atoms with Crippen molar-refractivity contribution in [3.63, 3.8) is 0 Å². The first kappa shape index (κ1) is 17.6. The van der Waals surface area contributed by atoms with E-state index in [1.54, 1.807) is 14.0 Å². The van der Waals surface area contributed by atoms with Gasteiger partial charge in [0.15, 0.2) is 0 Å². The van der Waals surface area contributed by atoms with Crippen molar-refractivity contribution >= 4 is 33.2 Å². The number of hydrogen-bond acceptors (Lipinski definition) is 5. The molecule has 21 heavy (non-hydrogen) atoms. The molecule has 1 atom stereocenters. The van der Waals surface area contributed by atoms with Crippen molar-refractivity contribution in [1.29, 1.82) is 0 Å². The Bertz CT molecular complexity index is 651. The summed E-state index contributed by atoms with van der Waals surface area (Å²) in [6.07, 6.45) is 0. The van der Waals surface area contributed by atoms with Gasteiger partial charge in [-0.2, -0.15) is 4.72 Å². The third-order valence-corrected chi connectivity index (χ3v) is 5.76. The van der Waals surface area contributed by atoms with E-state index in [1.807, 2.05) is 0 Å². The number of nitrogens with zero attached hydrogens (tertiary/aromatic N) is 1. The van der Waals surface area contributed by atoms with Gasteiger partial charge in [-0.3, -0.25) is 4.79 Å². The molecule has 2 N–H and O–H groups in total. The van der Waals surface area contributed by atoms with E-state index >= 15 is 0 Å². The number of aromatic carboxylic acids is 1. The number of nitrogens with one attached hydrogen (secondary N) is 1. The van der Waals surface area contributed by atoms with E-state index < -0.39 is 22.0 Å². The summed E-state index contributed by atoms with van der Waals surface area (Å²) < 4.78 is 26.8. The van der Waals surface area contributed by atoms with Crippen molar-refractivity contribution in [2.24, 2.45) is 0 Å². The molecule has 0 spiro atoms. The van der Waals surface area contributed by atoms with Gasteiger partial charge in [-0.1, -0.05) is 0 Å². The first-order chi connectivity index (χ1) is 9.60. The number of likely N-dealkylation sites (N-methyl/N-ethyl adjacent to an activating group) is 1. The highest BCUT2D eigenvalue weighted by Gasteiger charge is 2.27. The zero-order chi connectivity index (χ0) is 16.4. The Hall–Kier alpha value is -1.45. The molecule has 7 nitrogen and oxygen atoms in total. The number of amides is 1. The Morgan fingerprint density at radius 3 is 2.48 bits per heavy atom. The molecule has 1 amide bonds. The van der Waals surface area contributed by atoms with Crippen LogP contribution in [0.1, 0.15) is 28.4 Å². The van der Waals surface area contributed by atoms with Crippen molar-refractivity contribution in [1.82, 2.24) is 9.62 Å². The number of sulfonamides is 1. The maximum Gasteiger partial charge on any atom is 0.345 e. The predicted molar refractivity (Wildman–Crippen MR) is 79.1 cm³/mol. The van der Waals surface area contributed by atoms with Crippen LogP contribution in [0.4, 0.5) is 0 Å². The molecule has 0 bridgehead atoms. The molecule has 1 unspecified atom stereocenters. The van der Waals surface area contributed by atoms with Crippen LogP contribution in [0.25, 0.3) is 0 Å². The predicted octanol–water partition coefficient (Wildman–Crippen LogP) is 0.900. The first-order valence-corrected chi connectivity index (χ1v) is 8.51. The fraction of sp³-hybridized carbons (Fsp3) is 0.500. The lowest BCUT2D eigenvalue weighted by molar-refractivity contribution is -0.131. The van der Waals surface area contributed by atoms with E-state index in [0.717, 1.165) is 17.4 Å². The van der Waals surface area contributed by atoms with E-state index in [-0.39, 0.29) is 15.7 Å². The van der Waals surface area contributed by atoms with Crippen LogP contribution in [-0.2, 0) is 14.8 Å². The maximum atomic E-state index is 12.2. The van der Waals surface area contributed by atoms with E-state index in [4.69, 9.17) is 5.11 Å². The van der Waals surface area contributed by atoms with Gasteiger partial charge in [0.1, 0.15) is 4.88 Å². The van der Waals surface area contributed by atoms with Gasteiger partial charge >= 0.3 is 5.97 Å². The molecule has 1 aromatic rings. The summed E-state index contributed by atoms with van der Waals surface area (Å²) in [6.45, 7) is 5.22. The summed E-state index contributed by atoms with van der Waals surface area (Å²) in [7, 11) is -2.37. The van der Waals surface area contributed by atoms with Gasteiger partial charge < -0.3 is 10.0 Å². The maximum absolute atomic E-state index is 12.2. The topological polar surface area (TPSA) is 104 Å². The highest BCUT2D eigenvalue weighted by atomic mass is 32.2. The van der Waals surface area contributed by atoms with E-state index in [0.29, 0.717) is 11.4 Å². The lowest BCUT2D eigenvalue weighted by atomic mass is 10.3. The van der Waals surface area contributed by atoms with Crippen LogP contribution in [0, 0.1) is 6.92 Å². The zero-order valence-electron chi connectivity index (χ0n) is 12.2. The molecule has 9 heteroatoms.